The molecule has 30 heavy (non-hydrogen) atoms. The molecular formula is C20H22Cl2N4O3S. The van der Waals surface area contributed by atoms with Crippen LogP contribution >= 0.6 is 23.2 Å². The van der Waals surface area contributed by atoms with E-state index in [1.807, 2.05) is 18.2 Å². The van der Waals surface area contributed by atoms with Crippen molar-refractivity contribution in [3.8, 4) is 0 Å². The molecule has 1 atom stereocenters. The van der Waals surface area contributed by atoms with Gasteiger partial charge in [0.25, 0.3) is 16.1 Å². The van der Waals surface area contributed by atoms with Crippen molar-refractivity contribution in [1.29, 1.82) is 0 Å². The maximum absolute atomic E-state index is 12.9. The average molecular weight is 469 g/mol. The summed E-state index contributed by atoms with van der Waals surface area (Å²) >= 11 is 12.1. The minimum atomic E-state index is -3.42. The van der Waals surface area contributed by atoms with Gasteiger partial charge in [-0.25, -0.2) is 0 Å². The first-order chi connectivity index (χ1) is 14.3. The van der Waals surface area contributed by atoms with E-state index < -0.39 is 10.2 Å². The Morgan fingerprint density at radius 3 is 2.53 bits per heavy atom. The summed E-state index contributed by atoms with van der Waals surface area (Å²) in [5, 5.41) is 3.75. The molecule has 4 rings (SSSR count). The van der Waals surface area contributed by atoms with Crippen LogP contribution in [0.4, 0.5) is 0 Å². The SMILES string of the molecule is O=C(NC(c1ccccn1)C1CC(NS(=O)(=O)N2CCC2)C1)c1ccc(Cl)cc1Cl. The first-order valence-corrected chi connectivity index (χ1v) is 12.0. The van der Waals surface area contributed by atoms with Crippen LogP contribution in [0, 0.1) is 5.92 Å². The van der Waals surface area contributed by atoms with Crippen LogP contribution in [0.5, 0.6) is 0 Å². The Morgan fingerprint density at radius 1 is 1.17 bits per heavy atom. The molecule has 1 aromatic carbocycles. The molecule has 2 aromatic rings. The number of benzene rings is 1. The molecule has 0 radical (unpaired) electrons. The van der Waals surface area contributed by atoms with Gasteiger partial charge in [0.1, 0.15) is 0 Å². The Labute approximate surface area is 186 Å². The molecule has 1 aromatic heterocycles. The van der Waals surface area contributed by atoms with Gasteiger partial charge in [-0.2, -0.15) is 17.4 Å². The van der Waals surface area contributed by atoms with E-state index in [0.29, 0.717) is 36.5 Å². The first-order valence-electron chi connectivity index (χ1n) is 9.78. The summed E-state index contributed by atoms with van der Waals surface area (Å²) in [4.78, 5) is 17.3. The third kappa shape index (κ3) is 4.63. The number of nitrogens with zero attached hydrogens (tertiary/aromatic N) is 2. The zero-order valence-corrected chi connectivity index (χ0v) is 18.4. The van der Waals surface area contributed by atoms with Gasteiger partial charge < -0.3 is 5.32 Å². The lowest BCUT2D eigenvalue weighted by atomic mass is 9.75. The maximum Gasteiger partial charge on any atom is 0.279 e. The van der Waals surface area contributed by atoms with Crippen LogP contribution in [0.1, 0.15) is 41.4 Å². The molecule has 2 N–H and O–H groups in total. The second kappa shape index (κ2) is 8.80. The van der Waals surface area contributed by atoms with Crippen LogP contribution in [-0.4, -0.2) is 42.7 Å². The standard InChI is InChI=1S/C20H22Cl2N4O3S/c21-14-5-6-16(17(22)12-14)20(27)24-19(18-4-1-2-7-23-18)13-10-15(11-13)25-30(28,29)26-8-3-9-26/h1-2,4-7,12-13,15,19,25H,3,8-11H2,(H,24,27). The van der Waals surface area contributed by atoms with E-state index in [0.717, 1.165) is 12.1 Å². The molecule has 10 heteroatoms. The summed E-state index contributed by atoms with van der Waals surface area (Å²) in [5.41, 5.74) is 1.06. The summed E-state index contributed by atoms with van der Waals surface area (Å²) < 4.78 is 28.8. The van der Waals surface area contributed by atoms with E-state index in [2.05, 4.69) is 15.0 Å². The largest absolute Gasteiger partial charge is 0.343 e. The van der Waals surface area contributed by atoms with Gasteiger partial charge in [-0.05, 0) is 55.5 Å². The predicted molar refractivity (Wildman–Crippen MR) is 116 cm³/mol. The molecule has 7 nitrogen and oxygen atoms in total. The molecule has 2 fully saturated rings. The smallest absolute Gasteiger partial charge is 0.279 e. The number of carbonyl (C=O) groups excluding carboxylic acids is 1. The van der Waals surface area contributed by atoms with Crippen LogP contribution in [0.15, 0.2) is 42.6 Å². The zero-order valence-electron chi connectivity index (χ0n) is 16.1. The minimum Gasteiger partial charge on any atom is -0.343 e. The molecule has 1 saturated carbocycles. The normalized spacial score (nSPS) is 22.6. The van der Waals surface area contributed by atoms with Crippen molar-refractivity contribution in [2.24, 2.45) is 5.92 Å². The Morgan fingerprint density at radius 2 is 1.93 bits per heavy atom. The van der Waals surface area contributed by atoms with Crippen LogP contribution in [0.3, 0.4) is 0 Å². The van der Waals surface area contributed by atoms with E-state index in [1.165, 1.54) is 10.4 Å². The monoisotopic (exact) mass is 468 g/mol. The molecular weight excluding hydrogens is 447 g/mol. The molecule has 2 aliphatic rings. The number of amides is 1. The predicted octanol–water partition coefficient (Wildman–Crippen LogP) is 3.18. The fraction of sp³-hybridized carbons (Fsp3) is 0.400. The maximum atomic E-state index is 12.9. The molecule has 0 bridgehead atoms. The lowest BCUT2D eigenvalue weighted by Crippen LogP contribution is -2.55. The Bertz CT molecular complexity index is 1030. The van der Waals surface area contributed by atoms with Crippen molar-refractivity contribution >= 4 is 39.3 Å². The van der Waals surface area contributed by atoms with Gasteiger partial charge in [0.15, 0.2) is 0 Å². The number of rotatable bonds is 7. The quantitative estimate of drug-likeness (QED) is 0.652. The second-order valence-corrected chi connectivity index (χ2v) is 10.2. The van der Waals surface area contributed by atoms with Gasteiger partial charge in [-0.15, -0.1) is 0 Å². The van der Waals surface area contributed by atoms with E-state index in [4.69, 9.17) is 23.2 Å². The molecule has 160 valence electrons. The van der Waals surface area contributed by atoms with Crippen molar-refractivity contribution in [3.05, 3.63) is 63.9 Å². The fourth-order valence-corrected chi connectivity index (χ4v) is 5.72. The number of hydrogen-bond donors (Lipinski definition) is 2. The van der Waals surface area contributed by atoms with Gasteiger partial charge in [-0.1, -0.05) is 29.3 Å². The highest BCUT2D eigenvalue weighted by molar-refractivity contribution is 7.87. The highest BCUT2D eigenvalue weighted by Gasteiger charge is 2.40. The zero-order chi connectivity index (χ0) is 21.3. The van der Waals surface area contributed by atoms with E-state index >= 15 is 0 Å². The third-order valence-corrected chi connectivity index (χ3v) is 7.81. The van der Waals surface area contributed by atoms with Crippen LogP contribution < -0.4 is 10.0 Å². The summed E-state index contributed by atoms with van der Waals surface area (Å²) in [6.45, 7) is 1.14. The summed E-state index contributed by atoms with van der Waals surface area (Å²) in [6, 6.07) is 9.74. The van der Waals surface area contributed by atoms with Gasteiger partial charge >= 0.3 is 0 Å². The van der Waals surface area contributed by atoms with E-state index in [1.54, 1.807) is 18.3 Å². The lowest BCUT2D eigenvalue weighted by molar-refractivity contribution is 0.0883. The third-order valence-electron chi connectivity index (χ3n) is 5.59. The Hall–Kier alpha value is -1.71. The van der Waals surface area contributed by atoms with Crippen molar-refractivity contribution in [2.75, 3.05) is 13.1 Å². The van der Waals surface area contributed by atoms with Crippen LogP contribution in [0.25, 0.3) is 0 Å². The number of hydrogen-bond acceptors (Lipinski definition) is 4. The summed E-state index contributed by atoms with van der Waals surface area (Å²) in [7, 11) is -3.42. The van der Waals surface area contributed by atoms with E-state index in [9.17, 15) is 13.2 Å². The number of aromatic nitrogens is 1. The van der Waals surface area contributed by atoms with Crippen molar-refractivity contribution in [1.82, 2.24) is 19.3 Å². The van der Waals surface area contributed by atoms with Gasteiger partial charge in [0.2, 0.25) is 0 Å². The number of pyridine rings is 1. The molecule has 2 heterocycles. The average Bonchev–Trinajstić information content (AvgIpc) is 2.61. The molecule has 1 amide bonds. The molecule has 0 spiro atoms. The molecule has 1 saturated heterocycles. The fourth-order valence-electron chi connectivity index (χ4n) is 3.73. The van der Waals surface area contributed by atoms with Crippen molar-refractivity contribution < 1.29 is 13.2 Å². The second-order valence-electron chi connectivity index (χ2n) is 7.63. The summed E-state index contributed by atoms with van der Waals surface area (Å²) in [5.74, 6) is -0.268. The highest BCUT2D eigenvalue weighted by Crippen LogP contribution is 2.38. The summed E-state index contributed by atoms with van der Waals surface area (Å²) in [6.07, 6.45) is 3.80. The lowest BCUT2D eigenvalue weighted by Gasteiger charge is -2.42. The van der Waals surface area contributed by atoms with E-state index in [-0.39, 0.29) is 28.9 Å². The number of carbonyl (C=O) groups is 1. The minimum absolute atomic E-state index is 0.0546. The van der Waals surface area contributed by atoms with Crippen molar-refractivity contribution in [3.63, 3.8) is 0 Å². The Kier molecular flexibility index (Phi) is 6.31. The Balaban J connectivity index is 1.46. The topological polar surface area (TPSA) is 91.4 Å². The molecule has 1 aliphatic carbocycles. The first kappa shape index (κ1) is 21.5. The number of halogens is 2. The van der Waals surface area contributed by atoms with Gasteiger partial charge in [0.05, 0.1) is 22.3 Å². The van der Waals surface area contributed by atoms with Gasteiger partial charge in [0, 0.05) is 30.4 Å². The molecule has 1 unspecified atom stereocenters. The van der Waals surface area contributed by atoms with Crippen LogP contribution in [0.2, 0.25) is 10.0 Å². The molecule has 1 aliphatic heterocycles. The van der Waals surface area contributed by atoms with Crippen LogP contribution in [-0.2, 0) is 10.2 Å². The highest BCUT2D eigenvalue weighted by atomic mass is 35.5. The van der Waals surface area contributed by atoms with Crippen molar-refractivity contribution in [2.45, 2.75) is 31.3 Å². The van der Waals surface area contributed by atoms with Gasteiger partial charge in [-0.3, -0.25) is 9.78 Å². The number of nitrogens with one attached hydrogen (secondary N) is 2.